The lowest BCUT2D eigenvalue weighted by atomic mass is 10.1. The molecule has 3 aromatic rings. The Hall–Kier alpha value is -2.84. The molecule has 2 aliphatic rings. The van der Waals surface area contributed by atoms with Crippen molar-refractivity contribution in [1.29, 1.82) is 0 Å². The standard InChI is InChI=1S/C21H23N5O3/c27-10-9-26-20(22-17-5-2-1-4-15(17)21(26)28)18-6-3-8-25(18)19-12-14-13-29-11-7-16(14)23-24-19/h1-2,4-5,12,18,27H,3,6-11,13H2. The number of benzene rings is 1. The lowest BCUT2D eigenvalue weighted by Gasteiger charge is -2.28. The number of ether oxygens (including phenoxy) is 1. The molecule has 0 radical (unpaired) electrons. The van der Waals surface area contributed by atoms with E-state index < -0.39 is 0 Å². The second-order valence-corrected chi connectivity index (χ2v) is 7.50. The van der Waals surface area contributed by atoms with E-state index in [9.17, 15) is 9.90 Å². The minimum Gasteiger partial charge on any atom is -0.395 e. The van der Waals surface area contributed by atoms with Gasteiger partial charge in [-0.2, -0.15) is 5.10 Å². The largest absolute Gasteiger partial charge is 0.395 e. The number of aliphatic hydroxyl groups excluding tert-OH is 1. The number of fused-ring (bicyclic) bond motifs is 2. The smallest absolute Gasteiger partial charge is 0.261 e. The minimum absolute atomic E-state index is 0.0873. The van der Waals surface area contributed by atoms with Gasteiger partial charge in [-0.15, -0.1) is 5.10 Å². The van der Waals surface area contributed by atoms with E-state index in [-0.39, 0.29) is 24.8 Å². The average molecular weight is 393 g/mol. The Labute approximate surface area is 167 Å². The molecule has 29 heavy (non-hydrogen) atoms. The first kappa shape index (κ1) is 18.2. The molecule has 1 atom stereocenters. The van der Waals surface area contributed by atoms with Crippen molar-refractivity contribution < 1.29 is 9.84 Å². The number of nitrogens with zero attached hydrogens (tertiary/aromatic N) is 5. The van der Waals surface area contributed by atoms with Gasteiger partial charge in [0.25, 0.3) is 5.56 Å². The number of anilines is 1. The zero-order chi connectivity index (χ0) is 19.8. The van der Waals surface area contributed by atoms with Crippen LogP contribution in [0.3, 0.4) is 0 Å². The van der Waals surface area contributed by atoms with E-state index in [0.29, 0.717) is 29.9 Å². The van der Waals surface area contributed by atoms with E-state index in [1.54, 1.807) is 10.6 Å². The first-order valence-electron chi connectivity index (χ1n) is 10.1. The fraction of sp³-hybridized carbons (Fsp3) is 0.429. The van der Waals surface area contributed by atoms with Crippen LogP contribution in [0.2, 0.25) is 0 Å². The summed E-state index contributed by atoms with van der Waals surface area (Å²) in [5.41, 5.74) is 2.64. The zero-order valence-electron chi connectivity index (χ0n) is 16.1. The topological polar surface area (TPSA) is 93.4 Å². The second kappa shape index (κ2) is 7.53. The van der Waals surface area contributed by atoms with Gasteiger partial charge < -0.3 is 14.7 Å². The van der Waals surface area contributed by atoms with Crippen molar-refractivity contribution in [2.24, 2.45) is 0 Å². The summed E-state index contributed by atoms with van der Waals surface area (Å²) in [7, 11) is 0. The summed E-state index contributed by atoms with van der Waals surface area (Å²) < 4.78 is 7.18. The summed E-state index contributed by atoms with van der Waals surface area (Å²) in [5, 5.41) is 19.0. The minimum atomic E-state index is -0.115. The molecule has 1 aromatic carbocycles. The molecule has 1 unspecified atom stereocenters. The molecule has 0 aliphatic carbocycles. The van der Waals surface area contributed by atoms with Gasteiger partial charge in [0.15, 0.2) is 5.82 Å². The highest BCUT2D eigenvalue weighted by atomic mass is 16.5. The molecule has 4 heterocycles. The SMILES string of the molecule is O=c1c2ccccc2nc(C2CCCN2c2cc3c(nn2)CCOC3)n1CCO. The van der Waals surface area contributed by atoms with Crippen LogP contribution in [0.4, 0.5) is 5.82 Å². The lowest BCUT2D eigenvalue weighted by Crippen LogP contribution is -2.33. The van der Waals surface area contributed by atoms with Gasteiger partial charge in [-0.1, -0.05) is 12.1 Å². The van der Waals surface area contributed by atoms with Crippen LogP contribution in [0.1, 0.15) is 36.0 Å². The van der Waals surface area contributed by atoms with Gasteiger partial charge in [0, 0.05) is 18.5 Å². The Morgan fingerprint density at radius 1 is 1.24 bits per heavy atom. The maximum atomic E-state index is 13.1. The van der Waals surface area contributed by atoms with Crippen molar-refractivity contribution in [3.05, 3.63) is 57.8 Å². The first-order chi connectivity index (χ1) is 14.3. The van der Waals surface area contributed by atoms with Gasteiger partial charge in [-0.25, -0.2) is 4.98 Å². The van der Waals surface area contributed by atoms with Crippen molar-refractivity contribution >= 4 is 16.7 Å². The summed E-state index contributed by atoms with van der Waals surface area (Å²) in [4.78, 5) is 20.1. The predicted molar refractivity (Wildman–Crippen MR) is 108 cm³/mol. The van der Waals surface area contributed by atoms with Crippen molar-refractivity contribution in [3.8, 4) is 0 Å². The Morgan fingerprint density at radius 3 is 3.03 bits per heavy atom. The maximum absolute atomic E-state index is 13.1. The summed E-state index contributed by atoms with van der Waals surface area (Å²) in [6.07, 6.45) is 2.63. The molecule has 8 nitrogen and oxygen atoms in total. The molecule has 1 saturated heterocycles. The number of aromatic nitrogens is 4. The molecule has 2 aromatic heterocycles. The van der Waals surface area contributed by atoms with Crippen LogP contribution in [0.25, 0.3) is 10.9 Å². The number of aliphatic hydroxyl groups is 1. The maximum Gasteiger partial charge on any atom is 0.261 e. The number of hydrogen-bond donors (Lipinski definition) is 1. The molecule has 0 bridgehead atoms. The monoisotopic (exact) mass is 393 g/mol. The van der Waals surface area contributed by atoms with E-state index in [0.717, 1.165) is 42.9 Å². The van der Waals surface area contributed by atoms with Crippen molar-refractivity contribution in [2.45, 2.75) is 38.5 Å². The average Bonchev–Trinajstić information content (AvgIpc) is 3.25. The third-order valence-corrected chi connectivity index (χ3v) is 5.75. The fourth-order valence-electron chi connectivity index (χ4n) is 4.34. The van der Waals surface area contributed by atoms with E-state index in [2.05, 4.69) is 21.2 Å². The molecule has 150 valence electrons. The number of hydrogen-bond acceptors (Lipinski definition) is 7. The van der Waals surface area contributed by atoms with Crippen molar-refractivity contribution in [2.75, 3.05) is 24.7 Å². The van der Waals surface area contributed by atoms with Crippen molar-refractivity contribution in [1.82, 2.24) is 19.7 Å². The Balaban J connectivity index is 1.60. The summed E-state index contributed by atoms with van der Waals surface area (Å²) in [6.45, 7) is 2.16. The van der Waals surface area contributed by atoms with Gasteiger partial charge in [0.1, 0.15) is 5.82 Å². The molecular formula is C21H23N5O3. The van der Waals surface area contributed by atoms with Crippen LogP contribution < -0.4 is 10.5 Å². The van der Waals surface area contributed by atoms with Gasteiger partial charge in [-0.05, 0) is 31.0 Å². The van der Waals surface area contributed by atoms with Gasteiger partial charge >= 0.3 is 0 Å². The van der Waals surface area contributed by atoms with Crippen LogP contribution in [0.5, 0.6) is 0 Å². The molecule has 5 rings (SSSR count). The molecule has 8 heteroatoms. The van der Waals surface area contributed by atoms with Crippen LogP contribution in [0, 0.1) is 0 Å². The third-order valence-electron chi connectivity index (χ3n) is 5.75. The highest BCUT2D eigenvalue weighted by molar-refractivity contribution is 5.77. The highest BCUT2D eigenvalue weighted by Gasteiger charge is 2.32. The van der Waals surface area contributed by atoms with E-state index in [1.165, 1.54) is 0 Å². The Bertz CT molecular complexity index is 1110. The van der Waals surface area contributed by atoms with Crippen LogP contribution in [0.15, 0.2) is 35.1 Å². The van der Waals surface area contributed by atoms with Gasteiger partial charge in [-0.3, -0.25) is 9.36 Å². The zero-order valence-corrected chi connectivity index (χ0v) is 16.1. The molecule has 2 aliphatic heterocycles. The van der Waals surface area contributed by atoms with Crippen molar-refractivity contribution in [3.63, 3.8) is 0 Å². The van der Waals surface area contributed by atoms with Crippen LogP contribution in [-0.2, 0) is 24.3 Å². The molecule has 1 N–H and O–H groups in total. The van der Waals surface area contributed by atoms with Crippen LogP contribution in [-0.4, -0.2) is 44.6 Å². The third kappa shape index (κ3) is 3.18. The highest BCUT2D eigenvalue weighted by Crippen LogP contribution is 2.35. The number of rotatable bonds is 4. The van der Waals surface area contributed by atoms with Gasteiger partial charge in [0.2, 0.25) is 0 Å². The normalized spacial score (nSPS) is 18.9. The van der Waals surface area contributed by atoms with E-state index in [1.807, 2.05) is 18.2 Å². The molecule has 0 saturated carbocycles. The molecular weight excluding hydrogens is 370 g/mol. The molecule has 0 amide bonds. The summed E-state index contributed by atoms with van der Waals surface area (Å²) in [6, 6.07) is 9.32. The summed E-state index contributed by atoms with van der Waals surface area (Å²) in [5.74, 6) is 1.46. The van der Waals surface area contributed by atoms with Crippen LogP contribution >= 0.6 is 0 Å². The second-order valence-electron chi connectivity index (χ2n) is 7.50. The molecule has 0 spiro atoms. The van der Waals surface area contributed by atoms with E-state index >= 15 is 0 Å². The first-order valence-corrected chi connectivity index (χ1v) is 10.1. The predicted octanol–water partition coefficient (Wildman–Crippen LogP) is 1.59. The summed E-state index contributed by atoms with van der Waals surface area (Å²) >= 11 is 0. The molecule has 1 fully saturated rings. The Kier molecular flexibility index (Phi) is 4.73. The quantitative estimate of drug-likeness (QED) is 0.719. The fourth-order valence-corrected chi connectivity index (χ4v) is 4.34. The lowest BCUT2D eigenvalue weighted by molar-refractivity contribution is 0.109. The number of para-hydroxylation sites is 1. The van der Waals surface area contributed by atoms with Gasteiger partial charge in [0.05, 0.1) is 49.0 Å². The van der Waals surface area contributed by atoms with E-state index in [4.69, 9.17) is 9.72 Å². The Morgan fingerprint density at radius 2 is 2.14 bits per heavy atom.